The van der Waals surface area contributed by atoms with Crippen LogP contribution in [0, 0.1) is 0 Å². The van der Waals surface area contributed by atoms with Gasteiger partial charge in [-0.1, -0.05) is 12.1 Å². The van der Waals surface area contributed by atoms with Crippen LogP contribution in [0.3, 0.4) is 0 Å². The molecule has 1 N–H and O–H groups in total. The molecule has 16 heavy (non-hydrogen) atoms. The number of carbonyl (C=O) groups is 1. The SMILES string of the molecule is CC(C)NC(=O)c1ccccc1S(C)(=O)=O. The van der Waals surface area contributed by atoms with Gasteiger partial charge in [0, 0.05) is 12.3 Å². The minimum absolute atomic E-state index is 0.0277. The van der Waals surface area contributed by atoms with Gasteiger partial charge in [-0.25, -0.2) is 8.42 Å². The Morgan fingerprint density at radius 1 is 1.25 bits per heavy atom. The van der Waals surface area contributed by atoms with Crippen LogP contribution in [0.1, 0.15) is 24.2 Å². The summed E-state index contributed by atoms with van der Waals surface area (Å²) in [6.07, 6.45) is 1.09. The second-order valence-corrected chi connectivity index (χ2v) is 5.88. The molecule has 0 bridgehead atoms. The molecular weight excluding hydrogens is 226 g/mol. The molecule has 0 aliphatic heterocycles. The first-order valence-corrected chi connectivity index (χ1v) is 6.81. The third kappa shape index (κ3) is 3.06. The van der Waals surface area contributed by atoms with Crippen molar-refractivity contribution in [2.75, 3.05) is 6.26 Å². The molecule has 88 valence electrons. The quantitative estimate of drug-likeness (QED) is 0.865. The average Bonchev–Trinajstić information content (AvgIpc) is 2.15. The highest BCUT2D eigenvalue weighted by molar-refractivity contribution is 7.90. The first-order valence-electron chi connectivity index (χ1n) is 4.92. The van der Waals surface area contributed by atoms with Gasteiger partial charge in [-0.3, -0.25) is 4.79 Å². The van der Waals surface area contributed by atoms with Gasteiger partial charge in [-0.2, -0.15) is 0 Å². The number of hydrogen-bond acceptors (Lipinski definition) is 3. The molecule has 0 saturated heterocycles. The van der Waals surface area contributed by atoms with Gasteiger partial charge in [0.1, 0.15) is 0 Å². The molecule has 0 spiro atoms. The Morgan fingerprint density at radius 3 is 2.31 bits per heavy atom. The molecule has 1 amide bonds. The molecule has 1 aromatic carbocycles. The van der Waals surface area contributed by atoms with Crippen molar-refractivity contribution < 1.29 is 13.2 Å². The van der Waals surface area contributed by atoms with Gasteiger partial charge in [-0.15, -0.1) is 0 Å². The van der Waals surface area contributed by atoms with E-state index in [9.17, 15) is 13.2 Å². The van der Waals surface area contributed by atoms with Crippen molar-refractivity contribution in [3.8, 4) is 0 Å². The van der Waals surface area contributed by atoms with Crippen LogP contribution in [-0.2, 0) is 9.84 Å². The molecule has 1 rings (SSSR count). The molecule has 5 heteroatoms. The van der Waals surface area contributed by atoms with Gasteiger partial charge in [0.15, 0.2) is 9.84 Å². The lowest BCUT2D eigenvalue weighted by molar-refractivity contribution is 0.0940. The summed E-state index contributed by atoms with van der Waals surface area (Å²) in [5.41, 5.74) is 0.193. The molecule has 0 aliphatic carbocycles. The lowest BCUT2D eigenvalue weighted by Crippen LogP contribution is -2.31. The van der Waals surface area contributed by atoms with E-state index in [0.29, 0.717) is 0 Å². The van der Waals surface area contributed by atoms with E-state index in [2.05, 4.69) is 5.32 Å². The second-order valence-electron chi connectivity index (χ2n) is 3.90. The fourth-order valence-electron chi connectivity index (χ4n) is 1.32. The summed E-state index contributed by atoms with van der Waals surface area (Å²) in [6, 6.07) is 6.16. The van der Waals surface area contributed by atoms with Crippen LogP contribution in [0.4, 0.5) is 0 Å². The number of benzene rings is 1. The Labute approximate surface area is 95.6 Å². The Kier molecular flexibility index (Phi) is 3.70. The largest absolute Gasteiger partial charge is 0.350 e. The number of sulfone groups is 1. The van der Waals surface area contributed by atoms with Gasteiger partial charge in [-0.05, 0) is 26.0 Å². The van der Waals surface area contributed by atoms with Gasteiger partial charge in [0.25, 0.3) is 5.91 Å². The number of carbonyl (C=O) groups excluding carboxylic acids is 1. The highest BCUT2D eigenvalue weighted by Gasteiger charge is 2.18. The molecule has 0 aliphatic rings. The lowest BCUT2D eigenvalue weighted by atomic mass is 10.2. The van der Waals surface area contributed by atoms with E-state index in [-0.39, 0.29) is 22.4 Å². The van der Waals surface area contributed by atoms with Crippen LogP contribution in [0.25, 0.3) is 0 Å². The monoisotopic (exact) mass is 241 g/mol. The average molecular weight is 241 g/mol. The van der Waals surface area contributed by atoms with Crippen molar-refractivity contribution in [3.63, 3.8) is 0 Å². The summed E-state index contributed by atoms with van der Waals surface area (Å²) in [5.74, 6) is -0.365. The van der Waals surface area contributed by atoms with Crippen LogP contribution >= 0.6 is 0 Å². The highest BCUT2D eigenvalue weighted by atomic mass is 32.2. The van der Waals surface area contributed by atoms with Gasteiger partial charge < -0.3 is 5.32 Å². The standard InChI is InChI=1S/C11H15NO3S/c1-8(2)12-11(13)9-6-4-5-7-10(9)16(3,14)15/h4-8H,1-3H3,(H,12,13). The zero-order valence-electron chi connectivity index (χ0n) is 9.52. The molecule has 0 aromatic heterocycles. The van der Waals surface area contributed by atoms with Crippen LogP contribution in [-0.4, -0.2) is 26.6 Å². The number of rotatable bonds is 3. The second kappa shape index (κ2) is 4.65. The first kappa shape index (κ1) is 12.7. The predicted molar refractivity (Wildman–Crippen MR) is 62.2 cm³/mol. The summed E-state index contributed by atoms with van der Waals surface area (Å²) in [5, 5.41) is 2.67. The number of amides is 1. The van der Waals surface area contributed by atoms with Gasteiger partial charge >= 0.3 is 0 Å². The van der Waals surface area contributed by atoms with Crippen molar-refractivity contribution in [2.45, 2.75) is 24.8 Å². The smallest absolute Gasteiger partial charge is 0.252 e. The third-order valence-corrected chi connectivity index (χ3v) is 3.11. The predicted octanol–water partition coefficient (Wildman–Crippen LogP) is 1.23. The summed E-state index contributed by atoms with van der Waals surface area (Å²) < 4.78 is 22.9. The molecule has 0 unspecified atom stereocenters. The summed E-state index contributed by atoms with van der Waals surface area (Å²) >= 11 is 0. The van der Waals surface area contributed by atoms with Crippen LogP contribution < -0.4 is 5.32 Å². The minimum atomic E-state index is -3.38. The van der Waals surface area contributed by atoms with Crippen LogP contribution in [0.15, 0.2) is 29.2 Å². The maximum atomic E-state index is 11.7. The molecular formula is C11H15NO3S. The molecule has 4 nitrogen and oxygen atoms in total. The maximum absolute atomic E-state index is 11.7. The zero-order valence-corrected chi connectivity index (χ0v) is 10.3. The molecule has 0 fully saturated rings. The van der Waals surface area contributed by atoms with Crippen molar-refractivity contribution >= 4 is 15.7 Å². The van der Waals surface area contributed by atoms with Crippen molar-refractivity contribution in [1.29, 1.82) is 0 Å². The summed E-state index contributed by atoms with van der Waals surface area (Å²) in [6.45, 7) is 3.64. The molecule has 0 radical (unpaired) electrons. The van der Waals surface area contributed by atoms with E-state index in [1.165, 1.54) is 12.1 Å². The fraction of sp³-hybridized carbons (Fsp3) is 0.364. The zero-order chi connectivity index (χ0) is 12.3. The van der Waals surface area contributed by atoms with E-state index in [1.54, 1.807) is 12.1 Å². The minimum Gasteiger partial charge on any atom is -0.350 e. The van der Waals surface area contributed by atoms with Crippen molar-refractivity contribution in [1.82, 2.24) is 5.32 Å². The van der Waals surface area contributed by atoms with Crippen molar-refractivity contribution in [2.24, 2.45) is 0 Å². The van der Waals surface area contributed by atoms with E-state index in [4.69, 9.17) is 0 Å². The molecule has 0 saturated carbocycles. The highest BCUT2D eigenvalue weighted by Crippen LogP contribution is 2.15. The number of hydrogen-bond donors (Lipinski definition) is 1. The van der Waals surface area contributed by atoms with Gasteiger partial charge in [0.05, 0.1) is 10.5 Å². The fourth-order valence-corrected chi connectivity index (χ4v) is 2.20. The van der Waals surface area contributed by atoms with Crippen molar-refractivity contribution in [3.05, 3.63) is 29.8 Å². The number of nitrogens with one attached hydrogen (secondary N) is 1. The summed E-state index contributed by atoms with van der Waals surface area (Å²) in [7, 11) is -3.38. The third-order valence-electron chi connectivity index (χ3n) is 1.95. The van der Waals surface area contributed by atoms with E-state index in [0.717, 1.165) is 6.26 Å². The molecule has 0 atom stereocenters. The Hall–Kier alpha value is -1.36. The van der Waals surface area contributed by atoms with Crippen LogP contribution in [0.5, 0.6) is 0 Å². The maximum Gasteiger partial charge on any atom is 0.252 e. The lowest BCUT2D eigenvalue weighted by Gasteiger charge is -2.10. The summed E-state index contributed by atoms with van der Waals surface area (Å²) in [4.78, 5) is 11.8. The molecule has 1 aromatic rings. The topological polar surface area (TPSA) is 63.2 Å². The van der Waals surface area contributed by atoms with Gasteiger partial charge in [0.2, 0.25) is 0 Å². The van der Waals surface area contributed by atoms with Crippen LogP contribution in [0.2, 0.25) is 0 Å². The Morgan fingerprint density at radius 2 is 1.81 bits per heavy atom. The molecule has 0 heterocycles. The van der Waals surface area contributed by atoms with E-state index >= 15 is 0 Å². The van der Waals surface area contributed by atoms with E-state index < -0.39 is 9.84 Å². The normalized spacial score (nSPS) is 11.5. The Balaban J connectivity index is 3.19. The van der Waals surface area contributed by atoms with E-state index in [1.807, 2.05) is 13.8 Å². The first-order chi connectivity index (χ1) is 7.32. The Bertz CT molecular complexity index is 492.